The quantitative estimate of drug-likeness (QED) is 0.896. The number of rotatable bonds is 3. The van der Waals surface area contributed by atoms with Crippen LogP contribution in [0.3, 0.4) is 0 Å². The Bertz CT molecular complexity index is 453. The van der Waals surface area contributed by atoms with Crippen molar-refractivity contribution >= 4 is 18.3 Å². The summed E-state index contributed by atoms with van der Waals surface area (Å²) in [7, 11) is 0. The van der Waals surface area contributed by atoms with E-state index in [0.717, 1.165) is 24.0 Å². The van der Waals surface area contributed by atoms with E-state index in [9.17, 15) is 9.18 Å². The third kappa shape index (κ3) is 3.45. The number of hydrogen-bond acceptors (Lipinski definition) is 2. The van der Waals surface area contributed by atoms with Gasteiger partial charge in [0.1, 0.15) is 5.82 Å². The first-order valence-electron chi connectivity index (χ1n) is 6.40. The third-order valence-corrected chi connectivity index (χ3v) is 3.60. The summed E-state index contributed by atoms with van der Waals surface area (Å²) < 4.78 is 13.7. The van der Waals surface area contributed by atoms with E-state index in [1.807, 2.05) is 6.07 Å². The van der Waals surface area contributed by atoms with Gasteiger partial charge in [0.2, 0.25) is 5.91 Å². The van der Waals surface area contributed by atoms with Crippen LogP contribution in [0.15, 0.2) is 18.2 Å². The number of hydrogen-bond donors (Lipinski definition) is 2. The Hall–Kier alpha value is -1.13. The van der Waals surface area contributed by atoms with Crippen LogP contribution in [-0.2, 0) is 11.2 Å². The lowest BCUT2D eigenvalue weighted by molar-refractivity contribution is -0.122. The molecule has 2 unspecified atom stereocenters. The average molecular weight is 287 g/mol. The van der Waals surface area contributed by atoms with Crippen LogP contribution in [0.5, 0.6) is 0 Å². The molecule has 0 radical (unpaired) electrons. The van der Waals surface area contributed by atoms with Gasteiger partial charge in [0.15, 0.2) is 0 Å². The first-order chi connectivity index (χ1) is 8.63. The predicted octanol–water partition coefficient (Wildman–Crippen LogP) is 2.34. The number of benzene rings is 1. The lowest BCUT2D eigenvalue weighted by Gasteiger charge is -2.32. The maximum absolute atomic E-state index is 13.7. The van der Waals surface area contributed by atoms with Gasteiger partial charge in [0, 0.05) is 13.0 Å². The van der Waals surface area contributed by atoms with Crippen molar-refractivity contribution in [3.05, 3.63) is 35.1 Å². The van der Waals surface area contributed by atoms with Gasteiger partial charge in [-0.05, 0) is 36.0 Å². The minimum atomic E-state index is -0.169. The number of nitrogens with one attached hydrogen (secondary N) is 1. The van der Waals surface area contributed by atoms with Crippen molar-refractivity contribution in [2.24, 2.45) is 11.7 Å². The minimum absolute atomic E-state index is 0. The van der Waals surface area contributed by atoms with Crippen LogP contribution in [0.4, 0.5) is 4.39 Å². The molecule has 0 aromatic heterocycles. The molecule has 0 heterocycles. The molecule has 0 spiro atoms. The Morgan fingerprint density at radius 2 is 2.26 bits per heavy atom. The largest absolute Gasteiger partial charge is 0.349 e. The zero-order valence-electron chi connectivity index (χ0n) is 11.0. The zero-order valence-corrected chi connectivity index (χ0v) is 11.8. The summed E-state index contributed by atoms with van der Waals surface area (Å²) in [4.78, 5) is 11.7. The fourth-order valence-corrected chi connectivity index (χ4v) is 2.57. The van der Waals surface area contributed by atoms with Crippen LogP contribution in [0.1, 0.15) is 36.9 Å². The second-order valence-electron chi connectivity index (χ2n) is 4.91. The van der Waals surface area contributed by atoms with E-state index in [1.54, 1.807) is 6.07 Å². The van der Waals surface area contributed by atoms with Gasteiger partial charge in [-0.15, -0.1) is 12.4 Å². The molecule has 2 rings (SSSR count). The van der Waals surface area contributed by atoms with E-state index in [1.165, 1.54) is 6.07 Å². The number of carbonyl (C=O) groups excluding carboxylic acids is 1. The summed E-state index contributed by atoms with van der Waals surface area (Å²) in [6.07, 6.45) is 1.95. The Morgan fingerprint density at radius 3 is 2.95 bits per heavy atom. The topological polar surface area (TPSA) is 55.1 Å². The fraction of sp³-hybridized carbons (Fsp3) is 0.500. The molecule has 1 amide bonds. The summed E-state index contributed by atoms with van der Waals surface area (Å²) >= 11 is 0. The van der Waals surface area contributed by atoms with Gasteiger partial charge < -0.3 is 11.1 Å². The van der Waals surface area contributed by atoms with E-state index in [4.69, 9.17) is 5.73 Å². The molecule has 106 valence electrons. The highest BCUT2D eigenvalue weighted by molar-refractivity contribution is 5.85. The lowest BCUT2D eigenvalue weighted by Crippen LogP contribution is -2.36. The van der Waals surface area contributed by atoms with E-state index < -0.39 is 0 Å². The van der Waals surface area contributed by atoms with Crippen molar-refractivity contribution in [2.45, 2.75) is 32.2 Å². The summed E-state index contributed by atoms with van der Waals surface area (Å²) in [5, 5.41) is 2.97. The SMILES string of the molecule is CC1CCc2c(F)cccc2C1NC(=O)CCN.Cl. The summed E-state index contributed by atoms with van der Waals surface area (Å²) in [5.41, 5.74) is 7.03. The van der Waals surface area contributed by atoms with E-state index in [-0.39, 0.29) is 30.2 Å². The molecule has 3 nitrogen and oxygen atoms in total. The first kappa shape index (κ1) is 15.9. The monoisotopic (exact) mass is 286 g/mol. The molecule has 3 N–H and O–H groups in total. The molecule has 2 atom stereocenters. The predicted molar refractivity (Wildman–Crippen MR) is 75.7 cm³/mol. The van der Waals surface area contributed by atoms with Crippen LogP contribution in [-0.4, -0.2) is 12.5 Å². The van der Waals surface area contributed by atoms with Crippen LogP contribution < -0.4 is 11.1 Å². The molecule has 0 bridgehead atoms. The van der Waals surface area contributed by atoms with E-state index >= 15 is 0 Å². The molecule has 1 aliphatic carbocycles. The summed E-state index contributed by atoms with van der Waals surface area (Å²) in [5.74, 6) is 0.0879. The molecular formula is C14H20ClFN2O. The second-order valence-corrected chi connectivity index (χ2v) is 4.91. The normalized spacial score (nSPS) is 21.2. The maximum Gasteiger partial charge on any atom is 0.221 e. The van der Waals surface area contributed by atoms with Gasteiger partial charge in [0.25, 0.3) is 0 Å². The van der Waals surface area contributed by atoms with Gasteiger partial charge in [-0.1, -0.05) is 19.1 Å². The smallest absolute Gasteiger partial charge is 0.221 e. The fourth-order valence-electron chi connectivity index (χ4n) is 2.57. The van der Waals surface area contributed by atoms with Crippen LogP contribution in [0, 0.1) is 11.7 Å². The van der Waals surface area contributed by atoms with Gasteiger partial charge >= 0.3 is 0 Å². The third-order valence-electron chi connectivity index (χ3n) is 3.60. The molecule has 19 heavy (non-hydrogen) atoms. The Labute approximate surface area is 119 Å². The highest BCUT2D eigenvalue weighted by Crippen LogP contribution is 2.35. The highest BCUT2D eigenvalue weighted by Gasteiger charge is 2.29. The molecular weight excluding hydrogens is 267 g/mol. The molecule has 0 saturated heterocycles. The lowest BCUT2D eigenvalue weighted by atomic mass is 9.80. The Morgan fingerprint density at radius 1 is 1.53 bits per heavy atom. The van der Waals surface area contributed by atoms with Gasteiger partial charge in [0.05, 0.1) is 6.04 Å². The van der Waals surface area contributed by atoms with Gasteiger partial charge in [-0.3, -0.25) is 4.79 Å². The Balaban J connectivity index is 0.00000180. The molecule has 0 fully saturated rings. The standard InChI is InChI=1S/C14H19FN2O.ClH/c1-9-5-6-10-11(3-2-4-12(10)15)14(9)17-13(18)7-8-16;/h2-4,9,14H,5-8,16H2,1H3,(H,17,18);1H. The Kier molecular flexibility index (Phi) is 5.76. The molecule has 1 aromatic rings. The molecule has 1 aromatic carbocycles. The van der Waals surface area contributed by atoms with E-state index in [2.05, 4.69) is 12.2 Å². The number of halogens is 2. The van der Waals surface area contributed by atoms with Gasteiger partial charge in [-0.2, -0.15) is 0 Å². The average Bonchev–Trinajstić information content (AvgIpc) is 2.33. The van der Waals surface area contributed by atoms with Gasteiger partial charge in [-0.25, -0.2) is 4.39 Å². The van der Waals surface area contributed by atoms with E-state index in [0.29, 0.717) is 18.9 Å². The number of carbonyl (C=O) groups is 1. The molecule has 1 aliphatic rings. The summed E-state index contributed by atoms with van der Waals surface area (Å²) in [6.45, 7) is 2.42. The number of amides is 1. The summed E-state index contributed by atoms with van der Waals surface area (Å²) in [6, 6.07) is 4.99. The maximum atomic E-state index is 13.7. The van der Waals surface area contributed by atoms with Crippen LogP contribution >= 0.6 is 12.4 Å². The molecule has 0 aliphatic heterocycles. The van der Waals surface area contributed by atoms with Crippen LogP contribution in [0.2, 0.25) is 0 Å². The highest BCUT2D eigenvalue weighted by atomic mass is 35.5. The van der Waals surface area contributed by atoms with Crippen molar-refractivity contribution < 1.29 is 9.18 Å². The number of nitrogens with two attached hydrogens (primary N) is 1. The molecule has 5 heteroatoms. The number of fused-ring (bicyclic) bond motifs is 1. The van der Waals surface area contributed by atoms with Crippen molar-refractivity contribution in [1.82, 2.24) is 5.32 Å². The zero-order chi connectivity index (χ0) is 13.1. The van der Waals surface area contributed by atoms with Crippen molar-refractivity contribution in [1.29, 1.82) is 0 Å². The first-order valence-corrected chi connectivity index (χ1v) is 6.40. The van der Waals surface area contributed by atoms with Crippen molar-refractivity contribution in [3.63, 3.8) is 0 Å². The van der Waals surface area contributed by atoms with Crippen LogP contribution in [0.25, 0.3) is 0 Å². The molecule has 0 saturated carbocycles. The van der Waals surface area contributed by atoms with Crippen molar-refractivity contribution in [3.8, 4) is 0 Å². The second kappa shape index (κ2) is 6.87. The van der Waals surface area contributed by atoms with Crippen molar-refractivity contribution in [2.75, 3.05) is 6.54 Å². The minimum Gasteiger partial charge on any atom is -0.349 e.